The average Bonchev–Trinajstić information content (AvgIpc) is 3.57. The van der Waals surface area contributed by atoms with Crippen LogP contribution in [0.25, 0.3) is 0 Å². The van der Waals surface area contributed by atoms with Gasteiger partial charge in [0.2, 0.25) is 5.79 Å². The number of Topliss-reactive ketones (excluding diaryl/α,β-unsaturated/α-hetero) is 3. The van der Waals surface area contributed by atoms with Crippen molar-refractivity contribution in [3.8, 4) is 0 Å². The van der Waals surface area contributed by atoms with Crippen molar-refractivity contribution < 1.29 is 81.6 Å². The van der Waals surface area contributed by atoms with Gasteiger partial charge in [0, 0.05) is 83.5 Å². The fourth-order valence-electron chi connectivity index (χ4n) is 13.1. The van der Waals surface area contributed by atoms with Crippen molar-refractivity contribution in [2.45, 2.75) is 173 Å². The third-order valence-electron chi connectivity index (χ3n) is 18.0. The predicted molar refractivity (Wildman–Crippen MR) is 297 cm³/mol. The minimum Gasteiger partial charge on any atom is -0.460 e. The van der Waals surface area contributed by atoms with Crippen molar-refractivity contribution in [1.82, 2.24) is 15.1 Å². The Morgan fingerprint density at radius 2 is 1.63 bits per heavy atom. The van der Waals surface area contributed by atoms with Crippen LogP contribution in [0.15, 0.2) is 47.6 Å². The number of esters is 1. The number of carbonyl (C=O) groups is 6. The van der Waals surface area contributed by atoms with Gasteiger partial charge in [0.25, 0.3) is 11.7 Å². The molecule has 7 aliphatic rings. The second-order valence-electron chi connectivity index (χ2n) is 23.9. The predicted octanol–water partition coefficient (Wildman–Crippen LogP) is 5.25. The first kappa shape index (κ1) is 64.3. The number of ether oxygens (including phenoxy) is 9. The van der Waals surface area contributed by atoms with Gasteiger partial charge in [0.05, 0.1) is 58.0 Å². The summed E-state index contributed by atoms with van der Waals surface area (Å²) in [5, 5.41) is 26.9. The molecular weight excluding hydrogens is 1050 g/mol. The fraction of sp³-hybridized carbons (Fsp3) is 0.770. The number of nitrogens with zero attached hydrogens (tertiary/aromatic N) is 2. The molecule has 0 spiro atoms. The van der Waals surface area contributed by atoms with Crippen molar-refractivity contribution in [3.63, 3.8) is 0 Å². The Labute approximate surface area is 478 Å². The number of amides is 2. The molecule has 4 unspecified atom stereocenters. The normalized spacial score (nSPS) is 39.9. The molecule has 7 rings (SSSR count). The van der Waals surface area contributed by atoms with Gasteiger partial charge in [0.1, 0.15) is 42.3 Å². The van der Waals surface area contributed by atoms with Crippen LogP contribution >= 0.6 is 0 Å². The molecule has 6 heterocycles. The molecule has 0 aromatic heterocycles. The number of alkyl carbamates (subject to hydrolysis) is 1. The van der Waals surface area contributed by atoms with E-state index in [0.717, 1.165) is 18.7 Å². The first-order chi connectivity index (χ1) is 38.8. The minimum atomic E-state index is -2.51. The molecule has 6 fully saturated rings. The summed E-state index contributed by atoms with van der Waals surface area (Å²) in [6, 6.07) is -1.19. The Morgan fingerprint density at radius 3 is 2.36 bits per heavy atom. The summed E-state index contributed by atoms with van der Waals surface area (Å²) in [7, 11) is 2.96. The molecule has 20 heteroatoms. The average molecular weight is 1140 g/mol. The first-order valence-electron chi connectivity index (χ1n) is 29.8. The highest BCUT2D eigenvalue weighted by molar-refractivity contribution is 6.39. The Hall–Kier alpha value is -4.22. The van der Waals surface area contributed by atoms with Crippen LogP contribution in [-0.4, -0.2) is 203 Å². The van der Waals surface area contributed by atoms with E-state index < -0.39 is 108 Å². The van der Waals surface area contributed by atoms with Gasteiger partial charge in [-0.15, -0.1) is 0 Å². The molecule has 6 aliphatic heterocycles. The van der Waals surface area contributed by atoms with Crippen LogP contribution < -0.4 is 5.32 Å². The molecule has 4 bridgehead atoms. The van der Waals surface area contributed by atoms with Gasteiger partial charge < -0.3 is 63.1 Å². The Morgan fingerprint density at radius 1 is 0.852 bits per heavy atom. The molecule has 2 amide bonds. The third-order valence-corrected chi connectivity index (χ3v) is 18.0. The summed E-state index contributed by atoms with van der Waals surface area (Å²) >= 11 is 0. The van der Waals surface area contributed by atoms with Crippen molar-refractivity contribution >= 4 is 35.3 Å². The fourth-order valence-corrected chi connectivity index (χ4v) is 13.1. The van der Waals surface area contributed by atoms with E-state index in [1.165, 1.54) is 12.0 Å². The standard InChI is InChI=1S/C61H93N3O17/c1-37-13-10-9-11-14-38(2)50(78-36-45-35-76-27-28-77-45)33-44-18-16-42(6)61(72,81-44)57(68)58(69)64-21-12-15-46-47(31-43-17-19-49(52(32-43)73-7)80-60(71)62-20-22-63-23-25-75-26-24-63)51(79-59(70)53(46)64)34-48(65)39(3)30-41(5)55(67)56(74-8)54(66)40(4)29-37/h9-11,13-14,30,37,39-40,42-47,49-53,55-56,67,72H,12,15-29,31-36H2,1-8H3,(H,62,71)/b11-9+,13-10+,38-14+,41-30+/t37-,39-,40-,42-,43+,44+,45?,46-,47?,49-,50?,51+,52-,53?,55-,56+,61-/m1/s1. The maximum absolute atomic E-state index is 14.8. The minimum absolute atomic E-state index is 0.0180. The number of ketones is 3. The zero-order valence-electron chi connectivity index (χ0n) is 49.2. The lowest BCUT2D eigenvalue weighted by Crippen LogP contribution is -2.65. The zero-order valence-corrected chi connectivity index (χ0v) is 49.2. The highest BCUT2D eigenvalue weighted by Crippen LogP contribution is 2.46. The van der Waals surface area contributed by atoms with Crippen LogP contribution in [-0.2, 0) is 66.6 Å². The monoisotopic (exact) mass is 1140 g/mol. The molecule has 1 aliphatic carbocycles. The summed E-state index contributed by atoms with van der Waals surface area (Å²) in [6.45, 7) is 16.3. The number of aliphatic hydroxyl groups is 2. The SMILES string of the molecule is CO[C@@H]1C[C@H](CC2[C@H]3CCCN4C(=O)C(=O)[C@]5(O)O[C@@H](CC[C@H]5C)CC(OCC5COCCO5)/C(C)=C/C=C/C=C/[C@@H](C)C[C@@H](C)C(=O)[C@H](OC)[C@H](O)/C(C)=C/[C@@H](C)C(=O)C[C@@H]2OC(=O)C34)CC[C@H]1OC(=O)NCCN1CCOCC1. The number of carbonyl (C=O) groups excluding carboxylic acids is 6. The largest absolute Gasteiger partial charge is 0.460 e. The van der Waals surface area contributed by atoms with Crippen molar-refractivity contribution in [2.75, 3.05) is 86.6 Å². The van der Waals surface area contributed by atoms with Gasteiger partial charge in [-0.1, -0.05) is 64.2 Å². The number of allylic oxidation sites excluding steroid dienone is 6. The lowest BCUT2D eigenvalue weighted by atomic mass is 9.68. The third kappa shape index (κ3) is 17.0. The number of nitrogens with one attached hydrogen (secondary N) is 1. The number of aliphatic hydroxyl groups excluding tert-OH is 1. The summed E-state index contributed by atoms with van der Waals surface area (Å²) in [5.41, 5.74) is 1.21. The number of hydrogen-bond donors (Lipinski definition) is 3. The summed E-state index contributed by atoms with van der Waals surface area (Å²) in [6.07, 6.45) is 9.11. The topological polar surface area (TPSA) is 244 Å². The molecule has 0 radical (unpaired) electrons. The van der Waals surface area contributed by atoms with E-state index in [-0.39, 0.29) is 55.5 Å². The maximum atomic E-state index is 14.8. The molecule has 1 saturated carbocycles. The molecule has 81 heavy (non-hydrogen) atoms. The van der Waals surface area contributed by atoms with Gasteiger partial charge in [-0.25, -0.2) is 9.59 Å². The van der Waals surface area contributed by atoms with Crippen LogP contribution in [0.5, 0.6) is 0 Å². The molecule has 20 nitrogen and oxygen atoms in total. The van der Waals surface area contributed by atoms with Crippen LogP contribution in [0.3, 0.4) is 0 Å². The van der Waals surface area contributed by atoms with Crippen molar-refractivity contribution in [3.05, 3.63) is 47.6 Å². The van der Waals surface area contributed by atoms with E-state index in [1.54, 1.807) is 34.0 Å². The summed E-state index contributed by atoms with van der Waals surface area (Å²) in [5.74, 6) is -9.08. The molecule has 0 aromatic rings. The second kappa shape index (κ2) is 30.5. The number of morpholine rings is 1. The van der Waals surface area contributed by atoms with E-state index in [0.29, 0.717) is 109 Å². The first-order valence-corrected chi connectivity index (χ1v) is 29.8. The van der Waals surface area contributed by atoms with Crippen LogP contribution in [0.4, 0.5) is 4.79 Å². The van der Waals surface area contributed by atoms with E-state index in [9.17, 15) is 39.0 Å². The number of methoxy groups -OCH3 is 2. The van der Waals surface area contributed by atoms with Crippen LogP contribution in [0.1, 0.15) is 112 Å². The van der Waals surface area contributed by atoms with Gasteiger partial charge >= 0.3 is 12.1 Å². The highest BCUT2D eigenvalue weighted by atomic mass is 16.6. The molecule has 5 saturated heterocycles. The quantitative estimate of drug-likeness (QED) is 0.136. The molecular formula is C61H93N3O17. The molecule has 17 atom stereocenters. The summed E-state index contributed by atoms with van der Waals surface area (Å²) < 4.78 is 53.7. The van der Waals surface area contributed by atoms with E-state index in [2.05, 4.69) is 10.2 Å². The lowest BCUT2D eigenvalue weighted by molar-refractivity contribution is -0.266. The van der Waals surface area contributed by atoms with Gasteiger partial charge in [0.15, 0.2) is 5.78 Å². The van der Waals surface area contributed by atoms with Gasteiger partial charge in [-0.3, -0.25) is 24.1 Å². The van der Waals surface area contributed by atoms with Gasteiger partial charge in [-0.05, 0) is 101 Å². The number of piperidine rings is 1. The van der Waals surface area contributed by atoms with Crippen LogP contribution in [0.2, 0.25) is 0 Å². The Kier molecular flexibility index (Phi) is 24.3. The number of hydrogen-bond acceptors (Lipinski definition) is 18. The van der Waals surface area contributed by atoms with Crippen molar-refractivity contribution in [2.24, 2.45) is 41.4 Å². The molecule has 454 valence electrons. The van der Waals surface area contributed by atoms with E-state index in [4.69, 9.17) is 42.6 Å². The Balaban J connectivity index is 1.16. The van der Waals surface area contributed by atoms with Crippen molar-refractivity contribution in [1.29, 1.82) is 0 Å². The molecule has 0 aromatic carbocycles. The second-order valence-corrected chi connectivity index (χ2v) is 23.9. The number of rotatable bonds is 11. The highest BCUT2D eigenvalue weighted by Gasteiger charge is 2.57. The molecule has 3 N–H and O–H groups in total. The van der Waals surface area contributed by atoms with E-state index >= 15 is 0 Å². The Bertz CT molecular complexity index is 2260. The smallest absolute Gasteiger partial charge is 0.407 e. The van der Waals surface area contributed by atoms with Crippen LogP contribution in [0, 0.1) is 41.4 Å². The van der Waals surface area contributed by atoms with E-state index in [1.807, 2.05) is 51.2 Å². The summed E-state index contributed by atoms with van der Waals surface area (Å²) in [4.78, 5) is 89.1. The maximum Gasteiger partial charge on any atom is 0.407 e. The van der Waals surface area contributed by atoms with Gasteiger partial charge in [-0.2, -0.15) is 0 Å². The lowest BCUT2D eigenvalue weighted by Gasteiger charge is -2.50. The zero-order chi connectivity index (χ0) is 58.4. The number of fused-ring (bicyclic) bond motifs is 4.